The Hall–Kier alpha value is -0.590. The Bertz CT molecular complexity index is 312. The molecule has 2 heterocycles. The Morgan fingerprint density at radius 2 is 2.12 bits per heavy atom. The zero-order valence-corrected chi connectivity index (χ0v) is 10.2. The molecule has 1 aromatic rings. The first-order chi connectivity index (χ1) is 7.88. The summed E-state index contributed by atoms with van der Waals surface area (Å²) in [4.78, 5) is 2.51. The second-order valence-electron chi connectivity index (χ2n) is 3.92. The van der Waals surface area contributed by atoms with Crippen molar-refractivity contribution < 1.29 is 4.42 Å². The van der Waals surface area contributed by atoms with E-state index < -0.39 is 0 Å². The molecule has 1 saturated heterocycles. The summed E-state index contributed by atoms with van der Waals surface area (Å²) < 4.78 is 5.31. The molecule has 90 valence electrons. The Morgan fingerprint density at radius 1 is 1.31 bits per heavy atom. The number of hydrogen-bond donors (Lipinski definition) is 1. The van der Waals surface area contributed by atoms with Gasteiger partial charge in [0.05, 0.1) is 6.54 Å². The van der Waals surface area contributed by atoms with Crippen molar-refractivity contribution in [3.8, 4) is 0 Å². The normalized spacial score (nSPS) is 17.1. The van der Waals surface area contributed by atoms with Crippen molar-refractivity contribution >= 4 is 11.8 Å². The monoisotopic (exact) mass is 242 g/mol. The van der Waals surface area contributed by atoms with E-state index in [4.69, 9.17) is 10.2 Å². The lowest BCUT2D eigenvalue weighted by Gasteiger charge is -2.12. The summed E-state index contributed by atoms with van der Waals surface area (Å²) in [5, 5.41) is 8.37. The molecule has 0 amide bonds. The number of thioether (sulfide) groups is 1. The fraction of sp³-hybridized carbons (Fsp3) is 0.800. The molecule has 0 bridgehead atoms. The Balaban J connectivity index is 1.60. The predicted molar refractivity (Wildman–Crippen MR) is 63.2 cm³/mol. The molecule has 0 aromatic carbocycles. The Kier molecular flexibility index (Phi) is 4.62. The number of hydrogen-bond acceptors (Lipinski definition) is 6. The van der Waals surface area contributed by atoms with E-state index in [1.165, 1.54) is 38.9 Å². The molecule has 16 heavy (non-hydrogen) atoms. The first kappa shape index (κ1) is 11.9. The molecule has 0 spiro atoms. The van der Waals surface area contributed by atoms with Gasteiger partial charge in [0.25, 0.3) is 5.22 Å². The Labute approximate surface area is 99.8 Å². The summed E-state index contributed by atoms with van der Waals surface area (Å²) in [6, 6.07) is 0. The van der Waals surface area contributed by atoms with Crippen LogP contribution in [-0.4, -0.2) is 40.5 Å². The van der Waals surface area contributed by atoms with E-state index in [-0.39, 0.29) is 0 Å². The molecule has 5 nitrogen and oxygen atoms in total. The van der Waals surface area contributed by atoms with Crippen molar-refractivity contribution in [2.45, 2.75) is 31.0 Å². The molecular weight excluding hydrogens is 224 g/mol. The van der Waals surface area contributed by atoms with Crippen molar-refractivity contribution in [2.24, 2.45) is 5.73 Å². The molecule has 2 rings (SSSR count). The third-order valence-corrected chi connectivity index (χ3v) is 3.57. The van der Waals surface area contributed by atoms with Gasteiger partial charge < -0.3 is 15.1 Å². The van der Waals surface area contributed by atoms with Gasteiger partial charge in [-0.25, -0.2) is 0 Å². The van der Waals surface area contributed by atoms with Crippen LogP contribution in [0.15, 0.2) is 9.64 Å². The topological polar surface area (TPSA) is 68.2 Å². The summed E-state index contributed by atoms with van der Waals surface area (Å²) in [6.07, 6.45) is 3.89. The summed E-state index contributed by atoms with van der Waals surface area (Å²) in [5.74, 6) is 1.55. The van der Waals surface area contributed by atoms with E-state index >= 15 is 0 Å². The van der Waals surface area contributed by atoms with Crippen LogP contribution in [0.4, 0.5) is 0 Å². The molecule has 2 N–H and O–H groups in total. The molecule has 0 atom stereocenters. The smallest absolute Gasteiger partial charge is 0.276 e. The van der Waals surface area contributed by atoms with Crippen LogP contribution in [0, 0.1) is 0 Å². The van der Waals surface area contributed by atoms with Crippen LogP contribution in [0.5, 0.6) is 0 Å². The quantitative estimate of drug-likeness (QED) is 0.595. The van der Waals surface area contributed by atoms with Crippen molar-refractivity contribution in [3.63, 3.8) is 0 Å². The van der Waals surface area contributed by atoms with Gasteiger partial charge in [0.15, 0.2) is 0 Å². The lowest BCUT2D eigenvalue weighted by molar-refractivity contribution is 0.340. The molecule has 0 saturated carbocycles. The highest BCUT2D eigenvalue weighted by molar-refractivity contribution is 7.99. The van der Waals surface area contributed by atoms with E-state index in [2.05, 4.69) is 15.1 Å². The van der Waals surface area contributed by atoms with Crippen LogP contribution < -0.4 is 5.73 Å². The molecule has 1 aliphatic rings. The largest absolute Gasteiger partial charge is 0.415 e. The number of likely N-dealkylation sites (tertiary alicyclic amines) is 1. The third-order valence-electron chi connectivity index (χ3n) is 2.67. The van der Waals surface area contributed by atoms with E-state index in [9.17, 15) is 0 Å². The first-order valence-electron chi connectivity index (χ1n) is 5.76. The van der Waals surface area contributed by atoms with Gasteiger partial charge in [0, 0.05) is 5.75 Å². The molecule has 0 radical (unpaired) electrons. The second kappa shape index (κ2) is 6.22. The highest BCUT2D eigenvalue weighted by atomic mass is 32.2. The van der Waals surface area contributed by atoms with Gasteiger partial charge in [-0.3, -0.25) is 0 Å². The van der Waals surface area contributed by atoms with E-state index in [0.717, 1.165) is 5.75 Å². The highest BCUT2D eigenvalue weighted by Gasteiger charge is 2.11. The van der Waals surface area contributed by atoms with E-state index in [1.807, 2.05) is 0 Å². The summed E-state index contributed by atoms with van der Waals surface area (Å²) in [6.45, 7) is 4.04. The minimum Gasteiger partial charge on any atom is -0.415 e. The number of rotatable bonds is 6. The van der Waals surface area contributed by atoms with Crippen LogP contribution >= 0.6 is 11.8 Å². The average Bonchev–Trinajstić information content (AvgIpc) is 2.95. The molecule has 0 aliphatic carbocycles. The zero-order valence-electron chi connectivity index (χ0n) is 9.39. The van der Waals surface area contributed by atoms with Crippen molar-refractivity contribution in [2.75, 3.05) is 25.4 Å². The lowest BCUT2D eigenvalue weighted by atomic mass is 10.4. The summed E-state index contributed by atoms with van der Waals surface area (Å²) in [5.41, 5.74) is 5.39. The van der Waals surface area contributed by atoms with Crippen molar-refractivity contribution in [1.82, 2.24) is 15.1 Å². The SMILES string of the molecule is NCc1nnc(SCCCN2CCCC2)o1. The average molecular weight is 242 g/mol. The zero-order chi connectivity index (χ0) is 11.2. The summed E-state index contributed by atoms with van der Waals surface area (Å²) in [7, 11) is 0. The van der Waals surface area contributed by atoms with Gasteiger partial charge in [-0.05, 0) is 38.9 Å². The maximum Gasteiger partial charge on any atom is 0.276 e. The fourth-order valence-corrected chi connectivity index (χ4v) is 2.53. The maximum atomic E-state index is 5.39. The third kappa shape index (κ3) is 3.47. The molecule has 0 unspecified atom stereocenters. The van der Waals surface area contributed by atoms with Crippen molar-refractivity contribution in [1.29, 1.82) is 0 Å². The molecular formula is C10H18N4OS. The Morgan fingerprint density at radius 3 is 2.81 bits per heavy atom. The van der Waals surface area contributed by atoms with Crippen molar-refractivity contribution in [3.05, 3.63) is 5.89 Å². The van der Waals surface area contributed by atoms with Crippen LogP contribution in [0.25, 0.3) is 0 Å². The summed E-state index contributed by atoms with van der Waals surface area (Å²) >= 11 is 1.62. The van der Waals surface area contributed by atoms with Gasteiger partial charge in [0.1, 0.15) is 0 Å². The van der Waals surface area contributed by atoms with Gasteiger partial charge in [0.2, 0.25) is 5.89 Å². The number of nitrogens with zero attached hydrogens (tertiary/aromatic N) is 3. The molecule has 6 heteroatoms. The number of nitrogens with two attached hydrogens (primary N) is 1. The van der Waals surface area contributed by atoms with Gasteiger partial charge in [-0.15, -0.1) is 10.2 Å². The highest BCUT2D eigenvalue weighted by Crippen LogP contribution is 2.17. The standard InChI is InChI=1S/C10H18N4OS/c11-8-9-12-13-10(15-9)16-7-3-6-14-4-1-2-5-14/h1-8,11H2. The molecule has 1 aliphatic heterocycles. The molecule has 1 fully saturated rings. The fourth-order valence-electron chi connectivity index (χ4n) is 1.83. The van der Waals surface area contributed by atoms with Crippen LogP contribution in [0.3, 0.4) is 0 Å². The minimum absolute atomic E-state index is 0.321. The van der Waals surface area contributed by atoms with Gasteiger partial charge in [-0.1, -0.05) is 11.8 Å². The van der Waals surface area contributed by atoms with Gasteiger partial charge >= 0.3 is 0 Å². The van der Waals surface area contributed by atoms with E-state index in [0.29, 0.717) is 17.7 Å². The second-order valence-corrected chi connectivity index (χ2v) is 4.96. The molecule has 1 aromatic heterocycles. The first-order valence-corrected chi connectivity index (χ1v) is 6.74. The van der Waals surface area contributed by atoms with Crippen LogP contribution in [-0.2, 0) is 6.54 Å². The minimum atomic E-state index is 0.321. The van der Waals surface area contributed by atoms with Crippen LogP contribution in [0.1, 0.15) is 25.2 Å². The van der Waals surface area contributed by atoms with Gasteiger partial charge in [-0.2, -0.15) is 0 Å². The lowest BCUT2D eigenvalue weighted by Crippen LogP contribution is -2.20. The predicted octanol–water partition coefficient (Wildman–Crippen LogP) is 1.11. The number of aromatic nitrogens is 2. The van der Waals surface area contributed by atoms with Crippen LogP contribution in [0.2, 0.25) is 0 Å². The van der Waals surface area contributed by atoms with E-state index in [1.54, 1.807) is 11.8 Å². The maximum absolute atomic E-state index is 5.39.